The summed E-state index contributed by atoms with van der Waals surface area (Å²) in [6.07, 6.45) is 1.02. The SMILES string of the molecule is CC1(C)COCCN1CC(=O)N1CCC(=O)CC1. The highest BCUT2D eigenvalue weighted by atomic mass is 16.5. The number of amides is 1. The first-order chi connectivity index (χ1) is 8.49. The van der Waals surface area contributed by atoms with Crippen molar-refractivity contribution in [3.63, 3.8) is 0 Å². The Bertz CT molecular complexity index is 331. The summed E-state index contributed by atoms with van der Waals surface area (Å²) in [5, 5.41) is 0. The van der Waals surface area contributed by atoms with Crippen LogP contribution in [0.15, 0.2) is 0 Å². The van der Waals surface area contributed by atoms with Gasteiger partial charge in [0.25, 0.3) is 0 Å². The molecule has 2 aliphatic heterocycles. The predicted molar refractivity (Wildman–Crippen MR) is 67.3 cm³/mol. The van der Waals surface area contributed by atoms with Crippen molar-refractivity contribution in [1.29, 1.82) is 0 Å². The van der Waals surface area contributed by atoms with Gasteiger partial charge >= 0.3 is 0 Å². The highest BCUT2D eigenvalue weighted by Gasteiger charge is 2.33. The van der Waals surface area contributed by atoms with Crippen LogP contribution in [0.25, 0.3) is 0 Å². The summed E-state index contributed by atoms with van der Waals surface area (Å²) < 4.78 is 5.44. The van der Waals surface area contributed by atoms with Crippen molar-refractivity contribution in [2.75, 3.05) is 39.4 Å². The molecule has 0 bridgehead atoms. The molecule has 0 saturated carbocycles. The third kappa shape index (κ3) is 3.09. The number of carbonyl (C=O) groups is 2. The van der Waals surface area contributed by atoms with Crippen LogP contribution in [0.3, 0.4) is 0 Å². The van der Waals surface area contributed by atoms with E-state index in [-0.39, 0.29) is 17.2 Å². The van der Waals surface area contributed by atoms with Gasteiger partial charge in [0.1, 0.15) is 5.78 Å². The number of ether oxygens (including phenoxy) is 1. The molecule has 0 radical (unpaired) electrons. The van der Waals surface area contributed by atoms with Crippen molar-refractivity contribution in [2.24, 2.45) is 0 Å². The lowest BCUT2D eigenvalue weighted by Gasteiger charge is -2.42. The average molecular weight is 254 g/mol. The van der Waals surface area contributed by atoms with Crippen LogP contribution in [0.4, 0.5) is 0 Å². The lowest BCUT2D eigenvalue weighted by Crippen LogP contribution is -2.56. The van der Waals surface area contributed by atoms with Crippen LogP contribution in [0.5, 0.6) is 0 Å². The van der Waals surface area contributed by atoms with Crippen molar-refractivity contribution in [2.45, 2.75) is 32.2 Å². The Balaban J connectivity index is 1.88. The first kappa shape index (κ1) is 13.5. The van der Waals surface area contributed by atoms with Crippen molar-refractivity contribution in [1.82, 2.24) is 9.80 Å². The zero-order chi connectivity index (χ0) is 13.2. The van der Waals surface area contributed by atoms with Gasteiger partial charge in [-0.25, -0.2) is 0 Å². The summed E-state index contributed by atoms with van der Waals surface area (Å²) in [5.41, 5.74) is -0.0838. The van der Waals surface area contributed by atoms with Gasteiger partial charge in [-0.05, 0) is 13.8 Å². The Labute approximate surface area is 108 Å². The van der Waals surface area contributed by atoms with Crippen LogP contribution in [-0.4, -0.2) is 66.4 Å². The molecule has 2 heterocycles. The topological polar surface area (TPSA) is 49.9 Å². The molecule has 5 heteroatoms. The number of nitrogens with zero attached hydrogens (tertiary/aromatic N) is 2. The molecule has 0 N–H and O–H groups in total. The van der Waals surface area contributed by atoms with Crippen molar-refractivity contribution < 1.29 is 14.3 Å². The van der Waals surface area contributed by atoms with E-state index in [2.05, 4.69) is 18.7 Å². The molecular weight excluding hydrogens is 232 g/mol. The Morgan fingerprint density at radius 2 is 1.94 bits per heavy atom. The van der Waals surface area contributed by atoms with Gasteiger partial charge in [-0.1, -0.05) is 0 Å². The molecule has 2 saturated heterocycles. The predicted octanol–water partition coefficient (Wildman–Crippen LogP) is 0.289. The zero-order valence-corrected chi connectivity index (χ0v) is 11.3. The van der Waals surface area contributed by atoms with E-state index in [1.54, 1.807) is 0 Å². The number of Topliss-reactive ketones (excluding diaryl/α,β-unsaturated/α-hetero) is 1. The highest BCUT2D eigenvalue weighted by molar-refractivity contribution is 5.84. The third-order valence-corrected chi connectivity index (χ3v) is 3.82. The van der Waals surface area contributed by atoms with Gasteiger partial charge in [0.15, 0.2) is 0 Å². The second-order valence-corrected chi connectivity index (χ2v) is 5.71. The second kappa shape index (κ2) is 5.36. The van der Waals surface area contributed by atoms with Crippen LogP contribution in [0.1, 0.15) is 26.7 Å². The zero-order valence-electron chi connectivity index (χ0n) is 11.3. The number of likely N-dealkylation sites (tertiary alicyclic amines) is 1. The number of rotatable bonds is 2. The molecular formula is C13H22N2O3. The monoisotopic (exact) mass is 254 g/mol. The summed E-state index contributed by atoms with van der Waals surface area (Å²) in [5.74, 6) is 0.406. The van der Waals surface area contributed by atoms with E-state index < -0.39 is 0 Å². The van der Waals surface area contributed by atoms with E-state index in [9.17, 15) is 9.59 Å². The minimum Gasteiger partial charge on any atom is -0.378 e. The molecule has 0 aromatic heterocycles. The molecule has 0 aromatic carbocycles. The highest BCUT2D eigenvalue weighted by Crippen LogP contribution is 2.19. The van der Waals surface area contributed by atoms with Gasteiger partial charge in [0, 0.05) is 38.0 Å². The Kier molecular flexibility index (Phi) is 4.02. The maximum absolute atomic E-state index is 12.2. The summed E-state index contributed by atoms with van der Waals surface area (Å²) >= 11 is 0. The van der Waals surface area contributed by atoms with Gasteiger partial charge in [-0.2, -0.15) is 0 Å². The number of hydrogen-bond acceptors (Lipinski definition) is 4. The van der Waals surface area contributed by atoms with Crippen molar-refractivity contribution in [3.8, 4) is 0 Å². The fraction of sp³-hybridized carbons (Fsp3) is 0.846. The van der Waals surface area contributed by atoms with Crippen molar-refractivity contribution in [3.05, 3.63) is 0 Å². The molecule has 102 valence electrons. The van der Waals surface area contributed by atoms with E-state index >= 15 is 0 Å². The quantitative estimate of drug-likeness (QED) is 0.710. The smallest absolute Gasteiger partial charge is 0.236 e. The minimum atomic E-state index is -0.0838. The summed E-state index contributed by atoms with van der Waals surface area (Å²) in [4.78, 5) is 27.3. The Morgan fingerprint density at radius 3 is 2.56 bits per heavy atom. The number of piperidine rings is 1. The minimum absolute atomic E-state index is 0.0838. The summed E-state index contributed by atoms with van der Waals surface area (Å²) in [7, 11) is 0. The Hall–Kier alpha value is -0.940. The van der Waals surface area contributed by atoms with Gasteiger partial charge in [0.2, 0.25) is 5.91 Å². The third-order valence-electron chi connectivity index (χ3n) is 3.82. The van der Waals surface area contributed by atoms with Crippen LogP contribution < -0.4 is 0 Å². The molecule has 0 spiro atoms. The van der Waals surface area contributed by atoms with E-state index in [0.717, 1.165) is 6.54 Å². The molecule has 1 amide bonds. The largest absolute Gasteiger partial charge is 0.378 e. The second-order valence-electron chi connectivity index (χ2n) is 5.71. The van der Waals surface area contributed by atoms with Crippen LogP contribution in [0, 0.1) is 0 Å². The summed E-state index contributed by atoms with van der Waals surface area (Å²) in [6, 6.07) is 0. The average Bonchev–Trinajstić information content (AvgIpc) is 2.32. The molecule has 0 atom stereocenters. The van der Waals surface area contributed by atoms with Crippen LogP contribution in [-0.2, 0) is 14.3 Å². The summed E-state index contributed by atoms with van der Waals surface area (Å²) in [6.45, 7) is 7.95. The van der Waals surface area contributed by atoms with E-state index in [0.29, 0.717) is 45.7 Å². The first-order valence-electron chi connectivity index (χ1n) is 6.61. The number of morpholine rings is 1. The molecule has 5 nitrogen and oxygen atoms in total. The Morgan fingerprint density at radius 1 is 1.28 bits per heavy atom. The standard InChI is InChI=1S/C13H22N2O3/c1-13(2)10-18-8-7-15(13)9-12(17)14-5-3-11(16)4-6-14/h3-10H2,1-2H3. The lowest BCUT2D eigenvalue weighted by atomic mass is 10.0. The fourth-order valence-corrected chi connectivity index (χ4v) is 2.45. The van der Waals surface area contributed by atoms with E-state index in [4.69, 9.17) is 4.74 Å². The number of carbonyl (C=O) groups excluding carboxylic acids is 2. The molecule has 2 fully saturated rings. The number of ketones is 1. The molecule has 0 aromatic rings. The maximum Gasteiger partial charge on any atom is 0.236 e. The van der Waals surface area contributed by atoms with Crippen molar-refractivity contribution >= 4 is 11.7 Å². The van der Waals surface area contributed by atoms with Gasteiger partial charge in [-0.15, -0.1) is 0 Å². The van der Waals surface area contributed by atoms with E-state index in [1.807, 2.05) is 4.90 Å². The molecule has 0 aliphatic carbocycles. The van der Waals surface area contributed by atoms with E-state index in [1.165, 1.54) is 0 Å². The maximum atomic E-state index is 12.2. The molecule has 2 aliphatic rings. The molecule has 0 unspecified atom stereocenters. The van der Waals surface area contributed by atoms with Crippen LogP contribution >= 0.6 is 0 Å². The van der Waals surface area contributed by atoms with Gasteiger partial charge in [-0.3, -0.25) is 14.5 Å². The molecule has 18 heavy (non-hydrogen) atoms. The van der Waals surface area contributed by atoms with Gasteiger partial charge in [0.05, 0.1) is 19.8 Å². The molecule has 2 rings (SSSR count). The van der Waals surface area contributed by atoms with Crippen LogP contribution in [0.2, 0.25) is 0 Å². The fourth-order valence-electron chi connectivity index (χ4n) is 2.45. The van der Waals surface area contributed by atoms with Gasteiger partial charge < -0.3 is 9.64 Å². The first-order valence-corrected chi connectivity index (χ1v) is 6.61. The lowest BCUT2D eigenvalue weighted by molar-refractivity contribution is -0.139. The normalized spacial score (nSPS) is 25.2. The number of hydrogen-bond donors (Lipinski definition) is 0.